The Morgan fingerprint density at radius 3 is 2.92 bits per heavy atom. The summed E-state index contributed by atoms with van der Waals surface area (Å²) in [6.07, 6.45) is 3.69. The third-order valence-corrected chi connectivity index (χ3v) is 1.83. The van der Waals surface area contributed by atoms with Gasteiger partial charge in [-0.25, -0.2) is 4.79 Å². The fourth-order valence-corrected chi connectivity index (χ4v) is 1.26. The number of aromatic nitrogens is 1. The molecule has 1 rings (SSSR count). The van der Waals surface area contributed by atoms with Crippen molar-refractivity contribution in [2.45, 2.75) is 26.7 Å². The first kappa shape index (κ1) is 9.84. The molecule has 0 bridgehead atoms. The van der Waals surface area contributed by atoms with Crippen LogP contribution in [0.2, 0.25) is 0 Å². The molecule has 0 saturated carbocycles. The highest BCUT2D eigenvalue weighted by Crippen LogP contribution is 2.10. The number of aryl methyl sites for hydroxylation is 1. The molecule has 1 aromatic heterocycles. The van der Waals surface area contributed by atoms with E-state index < -0.39 is 0 Å². The van der Waals surface area contributed by atoms with Crippen molar-refractivity contribution in [2.75, 3.05) is 6.61 Å². The van der Waals surface area contributed by atoms with Gasteiger partial charge >= 0.3 is 5.97 Å². The zero-order valence-corrected chi connectivity index (χ0v) is 8.09. The number of nitrogens with one attached hydrogen (secondary N) is 1. The molecule has 0 aliphatic heterocycles. The maximum atomic E-state index is 11.4. The first-order valence-corrected chi connectivity index (χ1v) is 4.63. The van der Waals surface area contributed by atoms with Crippen LogP contribution in [0.3, 0.4) is 0 Å². The normalized spacial score (nSPS) is 10.0. The summed E-state index contributed by atoms with van der Waals surface area (Å²) in [5.74, 6) is -0.229. The van der Waals surface area contributed by atoms with Crippen molar-refractivity contribution in [3.05, 3.63) is 23.5 Å². The molecule has 0 saturated heterocycles. The van der Waals surface area contributed by atoms with E-state index in [1.807, 2.05) is 6.92 Å². The van der Waals surface area contributed by atoms with Crippen LogP contribution in [0.25, 0.3) is 0 Å². The predicted octanol–water partition coefficient (Wildman–Crippen LogP) is 2.14. The first-order chi connectivity index (χ1) is 6.29. The van der Waals surface area contributed by atoms with Crippen molar-refractivity contribution in [1.82, 2.24) is 4.98 Å². The molecule has 0 atom stereocenters. The molecule has 0 unspecified atom stereocenters. The summed E-state index contributed by atoms with van der Waals surface area (Å²) in [5, 5.41) is 0. The van der Waals surface area contributed by atoms with E-state index in [1.54, 1.807) is 12.3 Å². The Morgan fingerprint density at radius 1 is 1.54 bits per heavy atom. The molecule has 0 aliphatic carbocycles. The minimum atomic E-state index is -0.229. The smallest absolute Gasteiger partial charge is 0.339 e. The second-order valence-electron chi connectivity index (χ2n) is 2.84. The van der Waals surface area contributed by atoms with Gasteiger partial charge in [-0.3, -0.25) is 0 Å². The second kappa shape index (κ2) is 4.70. The van der Waals surface area contributed by atoms with Gasteiger partial charge in [-0.1, -0.05) is 13.3 Å². The maximum absolute atomic E-state index is 11.4. The van der Waals surface area contributed by atoms with E-state index in [-0.39, 0.29) is 5.97 Å². The number of hydrogen-bond acceptors (Lipinski definition) is 2. The van der Waals surface area contributed by atoms with Crippen LogP contribution in [-0.2, 0) is 11.2 Å². The standard InChI is InChI=1S/C10H15NO2/c1-3-5-9-8(6-7-11-9)10(12)13-4-2/h6-7,11H,3-5H2,1-2H3. The van der Waals surface area contributed by atoms with E-state index >= 15 is 0 Å². The van der Waals surface area contributed by atoms with Crippen molar-refractivity contribution >= 4 is 5.97 Å². The van der Waals surface area contributed by atoms with Crippen LogP contribution >= 0.6 is 0 Å². The fourth-order valence-electron chi connectivity index (χ4n) is 1.26. The molecule has 0 aliphatic rings. The zero-order chi connectivity index (χ0) is 9.68. The predicted molar refractivity (Wildman–Crippen MR) is 50.7 cm³/mol. The SMILES string of the molecule is CCCc1[nH]ccc1C(=O)OCC. The molecule has 13 heavy (non-hydrogen) atoms. The number of aromatic amines is 1. The fraction of sp³-hybridized carbons (Fsp3) is 0.500. The third-order valence-electron chi connectivity index (χ3n) is 1.83. The second-order valence-corrected chi connectivity index (χ2v) is 2.84. The zero-order valence-electron chi connectivity index (χ0n) is 8.09. The van der Waals surface area contributed by atoms with Crippen LogP contribution in [0.4, 0.5) is 0 Å². The molecule has 0 aromatic carbocycles. The van der Waals surface area contributed by atoms with Crippen LogP contribution in [0.1, 0.15) is 36.3 Å². The Bertz CT molecular complexity index is 278. The summed E-state index contributed by atoms with van der Waals surface area (Å²) in [4.78, 5) is 14.4. The molecular formula is C10H15NO2. The topological polar surface area (TPSA) is 42.1 Å². The van der Waals surface area contributed by atoms with Gasteiger partial charge in [0.25, 0.3) is 0 Å². The maximum Gasteiger partial charge on any atom is 0.339 e. The van der Waals surface area contributed by atoms with Gasteiger partial charge in [-0.2, -0.15) is 0 Å². The van der Waals surface area contributed by atoms with Gasteiger partial charge in [0, 0.05) is 11.9 Å². The summed E-state index contributed by atoms with van der Waals surface area (Å²) < 4.78 is 4.91. The van der Waals surface area contributed by atoms with E-state index in [0.717, 1.165) is 18.5 Å². The van der Waals surface area contributed by atoms with Crippen molar-refractivity contribution in [1.29, 1.82) is 0 Å². The Kier molecular flexibility index (Phi) is 3.55. The number of carbonyl (C=O) groups is 1. The van der Waals surface area contributed by atoms with Crippen molar-refractivity contribution in [2.24, 2.45) is 0 Å². The molecular weight excluding hydrogens is 166 g/mol. The number of carbonyl (C=O) groups excluding carboxylic acids is 1. The van der Waals surface area contributed by atoms with E-state index in [0.29, 0.717) is 12.2 Å². The van der Waals surface area contributed by atoms with Gasteiger partial charge in [0.15, 0.2) is 0 Å². The highest BCUT2D eigenvalue weighted by atomic mass is 16.5. The lowest BCUT2D eigenvalue weighted by atomic mass is 10.1. The van der Waals surface area contributed by atoms with E-state index in [2.05, 4.69) is 11.9 Å². The first-order valence-electron chi connectivity index (χ1n) is 4.63. The van der Waals surface area contributed by atoms with Crippen LogP contribution in [-0.4, -0.2) is 17.6 Å². The minimum absolute atomic E-state index is 0.229. The number of esters is 1. The molecule has 1 N–H and O–H groups in total. The van der Waals surface area contributed by atoms with Gasteiger partial charge in [-0.15, -0.1) is 0 Å². The molecule has 72 valence electrons. The van der Waals surface area contributed by atoms with Crippen LogP contribution in [0.5, 0.6) is 0 Å². The van der Waals surface area contributed by atoms with Crippen molar-refractivity contribution in [3.8, 4) is 0 Å². The van der Waals surface area contributed by atoms with E-state index in [1.165, 1.54) is 0 Å². The van der Waals surface area contributed by atoms with Gasteiger partial charge in [0.2, 0.25) is 0 Å². The summed E-state index contributed by atoms with van der Waals surface area (Å²) in [6.45, 7) is 4.31. The number of H-pyrrole nitrogens is 1. The third kappa shape index (κ3) is 2.34. The van der Waals surface area contributed by atoms with Crippen LogP contribution in [0.15, 0.2) is 12.3 Å². The van der Waals surface area contributed by atoms with E-state index in [4.69, 9.17) is 4.74 Å². The highest BCUT2D eigenvalue weighted by Gasteiger charge is 2.11. The van der Waals surface area contributed by atoms with Gasteiger partial charge < -0.3 is 9.72 Å². The van der Waals surface area contributed by atoms with Crippen LogP contribution in [0, 0.1) is 0 Å². The average molecular weight is 181 g/mol. The molecule has 3 nitrogen and oxygen atoms in total. The van der Waals surface area contributed by atoms with Gasteiger partial charge in [0.1, 0.15) is 0 Å². The molecule has 1 aromatic rings. The van der Waals surface area contributed by atoms with Crippen LogP contribution < -0.4 is 0 Å². The Hall–Kier alpha value is -1.25. The minimum Gasteiger partial charge on any atom is -0.462 e. The summed E-state index contributed by atoms with van der Waals surface area (Å²) in [6, 6.07) is 1.77. The molecule has 0 radical (unpaired) electrons. The number of rotatable bonds is 4. The largest absolute Gasteiger partial charge is 0.462 e. The number of hydrogen-bond donors (Lipinski definition) is 1. The molecule has 1 heterocycles. The number of ether oxygens (including phenoxy) is 1. The summed E-state index contributed by atoms with van der Waals surface area (Å²) in [7, 11) is 0. The lowest BCUT2D eigenvalue weighted by molar-refractivity contribution is 0.0525. The Labute approximate surface area is 78.1 Å². The Balaban J connectivity index is 2.74. The molecule has 3 heteroatoms. The summed E-state index contributed by atoms with van der Waals surface area (Å²) in [5.41, 5.74) is 1.64. The average Bonchev–Trinajstić information content (AvgIpc) is 2.54. The lowest BCUT2D eigenvalue weighted by Crippen LogP contribution is -2.06. The van der Waals surface area contributed by atoms with Crippen molar-refractivity contribution < 1.29 is 9.53 Å². The van der Waals surface area contributed by atoms with Gasteiger partial charge in [-0.05, 0) is 19.4 Å². The molecule has 0 spiro atoms. The van der Waals surface area contributed by atoms with E-state index in [9.17, 15) is 4.79 Å². The van der Waals surface area contributed by atoms with Gasteiger partial charge in [0.05, 0.1) is 12.2 Å². The van der Waals surface area contributed by atoms with Crippen molar-refractivity contribution in [3.63, 3.8) is 0 Å². The Morgan fingerprint density at radius 2 is 2.31 bits per heavy atom. The highest BCUT2D eigenvalue weighted by molar-refractivity contribution is 5.90. The lowest BCUT2D eigenvalue weighted by Gasteiger charge is -2.01. The quantitative estimate of drug-likeness (QED) is 0.723. The molecule has 0 amide bonds. The monoisotopic (exact) mass is 181 g/mol. The summed E-state index contributed by atoms with van der Waals surface area (Å²) >= 11 is 0. The molecule has 0 fully saturated rings.